The largest absolute Gasteiger partial charge is 0.375 e. The smallest absolute Gasteiger partial charge is 0.246 e. The lowest BCUT2D eigenvalue weighted by Gasteiger charge is -2.29. The van der Waals surface area contributed by atoms with Gasteiger partial charge < -0.3 is 15.0 Å². The fourth-order valence-corrected chi connectivity index (χ4v) is 3.34. The van der Waals surface area contributed by atoms with Crippen LogP contribution in [0.3, 0.4) is 0 Å². The summed E-state index contributed by atoms with van der Waals surface area (Å²) in [4.78, 5) is 26.7. The maximum Gasteiger partial charge on any atom is 0.246 e. The number of nitrogens with one attached hydrogen (secondary N) is 1. The van der Waals surface area contributed by atoms with Gasteiger partial charge in [-0.05, 0) is 24.8 Å². The zero-order valence-electron chi connectivity index (χ0n) is 15.0. The Morgan fingerprint density at radius 2 is 1.96 bits per heavy atom. The molecule has 5 nitrogen and oxygen atoms in total. The Hall–Kier alpha value is -1.88. The van der Waals surface area contributed by atoms with Gasteiger partial charge in [0.05, 0.1) is 0 Å². The predicted octanol–water partition coefficient (Wildman–Crippen LogP) is 2.18. The number of methoxy groups -OCH3 is 1. The Morgan fingerprint density at radius 1 is 1.29 bits per heavy atom. The van der Waals surface area contributed by atoms with Gasteiger partial charge in [-0.1, -0.05) is 44.2 Å². The molecule has 1 N–H and O–H groups in total. The first-order chi connectivity index (χ1) is 11.4. The molecule has 1 fully saturated rings. The van der Waals surface area contributed by atoms with Crippen LogP contribution in [-0.4, -0.2) is 49.1 Å². The molecule has 1 aromatic rings. The monoisotopic (exact) mass is 332 g/mol. The Bertz CT molecular complexity index is 559. The Balaban J connectivity index is 2.08. The number of benzene rings is 1. The molecule has 0 unspecified atom stereocenters. The van der Waals surface area contributed by atoms with Gasteiger partial charge in [0.15, 0.2) is 0 Å². The van der Waals surface area contributed by atoms with Gasteiger partial charge in [0.2, 0.25) is 11.8 Å². The number of amides is 2. The van der Waals surface area contributed by atoms with Gasteiger partial charge in [0.1, 0.15) is 12.6 Å². The summed E-state index contributed by atoms with van der Waals surface area (Å²) in [6.07, 6.45) is 0.951. The Kier molecular flexibility index (Phi) is 6.37. The van der Waals surface area contributed by atoms with Crippen molar-refractivity contribution in [3.63, 3.8) is 0 Å². The normalized spacial score (nSPS) is 21.8. The lowest BCUT2D eigenvalue weighted by molar-refractivity contribution is -0.139. The molecule has 1 aliphatic heterocycles. The minimum Gasteiger partial charge on any atom is -0.375 e. The third-order valence-corrected chi connectivity index (χ3v) is 4.65. The second-order valence-corrected chi connectivity index (χ2v) is 6.91. The number of likely N-dealkylation sites (tertiary alicyclic amines) is 1. The minimum atomic E-state index is -0.510. The molecule has 5 heteroatoms. The standard InChI is InChI=1S/C19H28N2O3/c1-13(2)18(20-17(22)12-24-4)19(23)21-11-16(10-14(21)3)15-8-6-5-7-9-15/h5-9,13-14,16,18H,10-12H2,1-4H3,(H,20,22)/t14-,16+,18-/m0/s1. The number of nitrogens with zero attached hydrogens (tertiary/aromatic N) is 1. The van der Waals surface area contributed by atoms with Crippen LogP contribution < -0.4 is 5.32 Å². The van der Waals surface area contributed by atoms with E-state index in [2.05, 4.69) is 24.4 Å². The van der Waals surface area contributed by atoms with Crippen LogP contribution in [0, 0.1) is 5.92 Å². The minimum absolute atomic E-state index is 0.000356. The molecule has 24 heavy (non-hydrogen) atoms. The van der Waals surface area contributed by atoms with Gasteiger partial charge in [-0.3, -0.25) is 9.59 Å². The third-order valence-electron chi connectivity index (χ3n) is 4.65. The highest BCUT2D eigenvalue weighted by Crippen LogP contribution is 2.32. The van der Waals surface area contributed by atoms with Crippen molar-refractivity contribution in [1.29, 1.82) is 0 Å². The number of carbonyl (C=O) groups excluding carboxylic acids is 2. The van der Waals surface area contributed by atoms with Gasteiger partial charge in [0.25, 0.3) is 0 Å². The van der Waals surface area contributed by atoms with E-state index in [-0.39, 0.29) is 30.4 Å². The fraction of sp³-hybridized carbons (Fsp3) is 0.579. The number of carbonyl (C=O) groups is 2. The molecule has 0 aliphatic carbocycles. The highest BCUT2D eigenvalue weighted by atomic mass is 16.5. The summed E-state index contributed by atoms with van der Waals surface area (Å²) in [5.74, 6) is 0.130. The molecule has 2 rings (SSSR count). The zero-order chi connectivity index (χ0) is 17.7. The molecular weight excluding hydrogens is 304 g/mol. The summed E-state index contributed by atoms with van der Waals surface area (Å²) in [6.45, 7) is 6.65. The topological polar surface area (TPSA) is 58.6 Å². The molecule has 1 saturated heterocycles. The molecule has 0 saturated carbocycles. The zero-order valence-corrected chi connectivity index (χ0v) is 15.0. The quantitative estimate of drug-likeness (QED) is 0.869. The van der Waals surface area contributed by atoms with Crippen molar-refractivity contribution in [2.45, 2.75) is 45.2 Å². The van der Waals surface area contributed by atoms with Gasteiger partial charge in [0, 0.05) is 25.6 Å². The van der Waals surface area contributed by atoms with Crippen LogP contribution >= 0.6 is 0 Å². The number of ether oxygens (including phenoxy) is 1. The molecule has 0 bridgehead atoms. The second kappa shape index (κ2) is 8.29. The van der Waals surface area contributed by atoms with Crippen molar-refractivity contribution in [2.24, 2.45) is 5.92 Å². The van der Waals surface area contributed by atoms with Gasteiger partial charge in [-0.15, -0.1) is 0 Å². The first-order valence-electron chi connectivity index (χ1n) is 8.57. The first-order valence-corrected chi connectivity index (χ1v) is 8.57. The summed E-state index contributed by atoms with van der Waals surface area (Å²) in [5.41, 5.74) is 1.27. The SMILES string of the molecule is COCC(=O)N[C@H](C(=O)N1C[C@H](c2ccccc2)C[C@@H]1C)C(C)C. The Morgan fingerprint density at radius 3 is 2.54 bits per heavy atom. The maximum absolute atomic E-state index is 13.0. The van der Waals surface area contributed by atoms with E-state index in [4.69, 9.17) is 4.74 Å². The van der Waals surface area contributed by atoms with Crippen LogP contribution in [0.4, 0.5) is 0 Å². The van der Waals surface area contributed by atoms with E-state index in [1.54, 1.807) is 0 Å². The summed E-state index contributed by atoms with van der Waals surface area (Å²) >= 11 is 0. The van der Waals surface area contributed by atoms with E-state index in [1.165, 1.54) is 12.7 Å². The van der Waals surface area contributed by atoms with Crippen molar-refractivity contribution in [3.05, 3.63) is 35.9 Å². The Labute approximate surface area is 144 Å². The lowest BCUT2D eigenvalue weighted by Crippen LogP contribution is -2.52. The predicted molar refractivity (Wildman–Crippen MR) is 93.6 cm³/mol. The fourth-order valence-electron chi connectivity index (χ4n) is 3.34. The highest BCUT2D eigenvalue weighted by Gasteiger charge is 2.37. The van der Waals surface area contributed by atoms with E-state index in [0.717, 1.165) is 6.42 Å². The van der Waals surface area contributed by atoms with Crippen molar-refractivity contribution < 1.29 is 14.3 Å². The van der Waals surface area contributed by atoms with E-state index in [1.807, 2.05) is 36.9 Å². The van der Waals surface area contributed by atoms with Gasteiger partial charge in [-0.25, -0.2) is 0 Å². The molecule has 0 aromatic heterocycles. The second-order valence-electron chi connectivity index (χ2n) is 6.91. The van der Waals surface area contributed by atoms with Crippen LogP contribution in [0.2, 0.25) is 0 Å². The van der Waals surface area contributed by atoms with Crippen LogP contribution in [-0.2, 0) is 14.3 Å². The summed E-state index contributed by atoms with van der Waals surface area (Å²) in [5, 5.41) is 2.81. The average Bonchev–Trinajstić information content (AvgIpc) is 2.95. The van der Waals surface area contributed by atoms with E-state index in [0.29, 0.717) is 12.5 Å². The molecule has 0 radical (unpaired) electrons. The molecule has 1 aliphatic rings. The van der Waals surface area contributed by atoms with E-state index in [9.17, 15) is 9.59 Å². The molecular formula is C19H28N2O3. The molecule has 0 spiro atoms. The van der Waals surface area contributed by atoms with Crippen molar-refractivity contribution >= 4 is 11.8 Å². The van der Waals surface area contributed by atoms with Gasteiger partial charge in [-0.2, -0.15) is 0 Å². The number of hydrogen-bond acceptors (Lipinski definition) is 3. The molecule has 1 aromatic carbocycles. The lowest BCUT2D eigenvalue weighted by atomic mass is 9.97. The third kappa shape index (κ3) is 4.35. The van der Waals surface area contributed by atoms with Crippen LogP contribution in [0.25, 0.3) is 0 Å². The molecule has 132 valence electrons. The highest BCUT2D eigenvalue weighted by molar-refractivity contribution is 5.88. The van der Waals surface area contributed by atoms with E-state index >= 15 is 0 Å². The summed E-state index contributed by atoms with van der Waals surface area (Å²) in [6, 6.07) is 9.97. The molecule has 1 heterocycles. The van der Waals surface area contributed by atoms with Crippen LogP contribution in [0.15, 0.2) is 30.3 Å². The summed E-state index contributed by atoms with van der Waals surface area (Å²) < 4.78 is 4.85. The number of hydrogen-bond donors (Lipinski definition) is 1. The molecule has 3 atom stereocenters. The van der Waals surface area contributed by atoms with Crippen LogP contribution in [0.1, 0.15) is 38.7 Å². The van der Waals surface area contributed by atoms with Crippen molar-refractivity contribution in [2.75, 3.05) is 20.3 Å². The number of rotatable bonds is 6. The van der Waals surface area contributed by atoms with Crippen LogP contribution in [0.5, 0.6) is 0 Å². The maximum atomic E-state index is 13.0. The average molecular weight is 332 g/mol. The van der Waals surface area contributed by atoms with E-state index < -0.39 is 6.04 Å². The van der Waals surface area contributed by atoms with Crippen molar-refractivity contribution in [1.82, 2.24) is 10.2 Å². The van der Waals surface area contributed by atoms with Crippen molar-refractivity contribution in [3.8, 4) is 0 Å². The summed E-state index contributed by atoms with van der Waals surface area (Å²) in [7, 11) is 1.47. The molecule has 2 amide bonds. The first kappa shape index (κ1) is 18.5. The van der Waals surface area contributed by atoms with Gasteiger partial charge >= 0.3 is 0 Å².